The maximum absolute atomic E-state index is 12.2. The van der Waals surface area contributed by atoms with Crippen LogP contribution in [0.15, 0.2) is 41.5 Å². The van der Waals surface area contributed by atoms with E-state index in [2.05, 4.69) is 43.8 Å². The first-order valence-corrected chi connectivity index (χ1v) is 10.9. The van der Waals surface area contributed by atoms with E-state index in [1.807, 2.05) is 51.1 Å². The van der Waals surface area contributed by atoms with Gasteiger partial charge in [-0.15, -0.1) is 0 Å². The Morgan fingerprint density at radius 2 is 1.93 bits per heavy atom. The van der Waals surface area contributed by atoms with Crippen molar-refractivity contribution < 1.29 is 14.3 Å². The van der Waals surface area contributed by atoms with Gasteiger partial charge in [0.2, 0.25) is 0 Å². The minimum atomic E-state index is -0.246. The number of benzene rings is 2. The van der Waals surface area contributed by atoms with Crippen LogP contribution in [-0.4, -0.2) is 37.0 Å². The molecular weight excluding hydrogens is 515 g/mol. The number of anilines is 1. The molecule has 0 radical (unpaired) electrons. The average molecular weight is 540 g/mol. The van der Waals surface area contributed by atoms with Crippen LogP contribution in [-0.2, 0) is 4.79 Å². The lowest BCUT2D eigenvalue weighted by molar-refractivity contribution is -0.118. The normalized spacial score (nSPS) is 10.5. The van der Waals surface area contributed by atoms with E-state index in [9.17, 15) is 4.79 Å². The van der Waals surface area contributed by atoms with E-state index >= 15 is 0 Å². The van der Waals surface area contributed by atoms with E-state index in [0.29, 0.717) is 23.2 Å². The second-order valence-electron chi connectivity index (χ2n) is 6.20. The molecule has 2 aromatic carbocycles. The molecule has 0 aliphatic heterocycles. The summed E-state index contributed by atoms with van der Waals surface area (Å²) in [6, 6.07) is 11.3. The zero-order chi connectivity index (χ0) is 21.9. The highest BCUT2D eigenvalue weighted by atomic mass is 127. The lowest BCUT2D eigenvalue weighted by Crippen LogP contribution is -2.31. The summed E-state index contributed by atoms with van der Waals surface area (Å²) in [4.78, 5) is 12.2. The van der Waals surface area contributed by atoms with Crippen LogP contribution < -0.4 is 25.5 Å². The molecule has 0 unspecified atom stereocenters. The summed E-state index contributed by atoms with van der Waals surface area (Å²) in [5.74, 6) is 0.817. The molecule has 30 heavy (non-hydrogen) atoms. The van der Waals surface area contributed by atoms with E-state index in [-0.39, 0.29) is 12.5 Å². The molecule has 0 aliphatic carbocycles. The number of hydrogen-bond acceptors (Lipinski definition) is 5. The molecule has 0 bridgehead atoms. The number of rotatable bonds is 9. The minimum Gasteiger partial charge on any atom is -0.490 e. The molecular formula is C21H25IN4O3S. The first-order valence-electron chi connectivity index (χ1n) is 9.45. The number of nitrogens with zero attached hydrogens (tertiary/aromatic N) is 1. The predicted molar refractivity (Wildman–Crippen MR) is 133 cm³/mol. The van der Waals surface area contributed by atoms with Gasteiger partial charge in [0.25, 0.3) is 5.91 Å². The van der Waals surface area contributed by atoms with Crippen molar-refractivity contribution in [3.05, 3.63) is 51.1 Å². The van der Waals surface area contributed by atoms with E-state index < -0.39 is 0 Å². The number of amides is 1. The highest BCUT2D eigenvalue weighted by Crippen LogP contribution is 2.34. The first kappa shape index (κ1) is 23.9. The third kappa shape index (κ3) is 7.79. The summed E-state index contributed by atoms with van der Waals surface area (Å²) < 4.78 is 12.3. The number of carbonyl (C=O) groups excluding carboxylic acids is 1. The summed E-state index contributed by atoms with van der Waals surface area (Å²) in [7, 11) is 0. The number of hydrazone groups is 1. The summed E-state index contributed by atoms with van der Waals surface area (Å²) >= 11 is 7.22. The van der Waals surface area contributed by atoms with Crippen molar-refractivity contribution in [3.63, 3.8) is 0 Å². The molecule has 0 fully saturated rings. The summed E-state index contributed by atoms with van der Waals surface area (Å²) in [6.07, 6.45) is 1.64. The second kappa shape index (κ2) is 12.3. The SMILES string of the molecule is CCNC(=S)N/N=C\c1cc(I)c(OCC(=O)Nc2ccc(C)cc2)c(OCC)c1. The average Bonchev–Trinajstić information content (AvgIpc) is 2.69. The van der Waals surface area contributed by atoms with Gasteiger partial charge in [-0.05, 0) is 85.4 Å². The Balaban J connectivity index is 2.05. The Morgan fingerprint density at radius 3 is 2.60 bits per heavy atom. The summed E-state index contributed by atoms with van der Waals surface area (Å²) in [5.41, 5.74) is 5.41. The Kier molecular flexibility index (Phi) is 9.81. The Morgan fingerprint density at radius 1 is 1.20 bits per heavy atom. The fourth-order valence-corrected chi connectivity index (χ4v) is 3.38. The standard InChI is InChI=1S/C21H25IN4O3S/c1-4-23-21(30)26-24-12-15-10-17(22)20(18(11-15)28-5-2)29-13-19(27)25-16-8-6-14(3)7-9-16/h6-12H,4-5,13H2,1-3H3,(H,25,27)(H2,23,26,30)/b24-12-. The van der Waals surface area contributed by atoms with Crippen molar-refractivity contribution in [1.82, 2.24) is 10.7 Å². The molecule has 0 atom stereocenters. The number of halogens is 1. The highest BCUT2D eigenvalue weighted by Gasteiger charge is 2.14. The number of ether oxygens (including phenoxy) is 2. The third-order valence-electron chi connectivity index (χ3n) is 3.73. The molecule has 3 N–H and O–H groups in total. The van der Waals surface area contributed by atoms with Crippen molar-refractivity contribution in [2.24, 2.45) is 5.10 Å². The molecule has 0 spiro atoms. The summed E-state index contributed by atoms with van der Waals surface area (Å²) in [6.45, 7) is 6.89. The predicted octanol–water partition coefficient (Wildman–Crippen LogP) is 3.83. The van der Waals surface area contributed by atoms with E-state index in [1.54, 1.807) is 12.3 Å². The van der Waals surface area contributed by atoms with Crippen LogP contribution in [0.2, 0.25) is 0 Å². The van der Waals surface area contributed by atoms with Crippen molar-refractivity contribution in [2.75, 3.05) is 25.1 Å². The van der Waals surface area contributed by atoms with Crippen LogP contribution in [0.3, 0.4) is 0 Å². The smallest absolute Gasteiger partial charge is 0.262 e. The molecule has 0 aliphatic rings. The Hall–Kier alpha value is -2.40. The van der Waals surface area contributed by atoms with Gasteiger partial charge >= 0.3 is 0 Å². The minimum absolute atomic E-state index is 0.129. The molecule has 9 heteroatoms. The maximum Gasteiger partial charge on any atom is 0.262 e. The van der Waals surface area contributed by atoms with Gasteiger partial charge in [0.1, 0.15) is 0 Å². The van der Waals surface area contributed by atoms with E-state index in [0.717, 1.165) is 26.9 Å². The number of aryl methyl sites for hydroxylation is 1. The van der Waals surface area contributed by atoms with E-state index in [1.165, 1.54) is 0 Å². The van der Waals surface area contributed by atoms with Gasteiger partial charge in [0.05, 0.1) is 16.4 Å². The lowest BCUT2D eigenvalue weighted by atomic mass is 10.2. The number of thiocarbonyl (C=S) groups is 1. The molecule has 1 amide bonds. The quantitative estimate of drug-likeness (QED) is 0.194. The zero-order valence-electron chi connectivity index (χ0n) is 17.1. The van der Waals surface area contributed by atoms with Crippen molar-refractivity contribution >= 4 is 57.7 Å². The number of carbonyl (C=O) groups is 1. The van der Waals surface area contributed by atoms with Crippen molar-refractivity contribution in [1.29, 1.82) is 0 Å². The Bertz CT molecular complexity index is 904. The monoisotopic (exact) mass is 540 g/mol. The highest BCUT2D eigenvalue weighted by molar-refractivity contribution is 14.1. The molecule has 160 valence electrons. The molecule has 7 nitrogen and oxygen atoms in total. The van der Waals surface area contributed by atoms with Crippen LogP contribution in [0.5, 0.6) is 11.5 Å². The van der Waals surface area contributed by atoms with Gasteiger partial charge in [0.15, 0.2) is 23.2 Å². The van der Waals surface area contributed by atoms with Crippen LogP contribution in [0, 0.1) is 10.5 Å². The third-order valence-corrected chi connectivity index (χ3v) is 4.77. The largest absolute Gasteiger partial charge is 0.490 e. The summed E-state index contributed by atoms with van der Waals surface area (Å²) in [5, 5.41) is 10.3. The van der Waals surface area contributed by atoms with Gasteiger partial charge in [-0.1, -0.05) is 17.7 Å². The number of hydrogen-bond donors (Lipinski definition) is 3. The fourth-order valence-electron chi connectivity index (χ4n) is 2.40. The molecule has 2 aromatic rings. The van der Waals surface area contributed by atoms with Crippen LogP contribution in [0.4, 0.5) is 5.69 Å². The fraction of sp³-hybridized carbons (Fsp3) is 0.286. The van der Waals surface area contributed by atoms with Crippen LogP contribution in [0.25, 0.3) is 0 Å². The van der Waals surface area contributed by atoms with Crippen LogP contribution >= 0.6 is 34.8 Å². The Labute approximate surface area is 195 Å². The molecule has 0 saturated carbocycles. The van der Waals surface area contributed by atoms with Crippen molar-refractivity contribution in [2.45, 2.75) is 20.8 Å². The van der Waals surface area contributed by atoms with Gasteiger partial charge in [0, 0.05) is 12.2 Å². The van der Waals surface area contributed by atoms with Gasteiger partial charge in [-0.3, -0.25) is 10.2 Å². The number of nitrogens with one attached hydrogen (secondary N) is 3. The molecule has 0 aromatic heterocycles. The van der Waals surface area contributed by atoms with E-state index in [4.69, 9.17) is 21.7 Å². The topological polar surface area (TPSA) is 84.0 Å². The van der Waals surface area contributed by atoms with Crippen LogP contribution in [0.1, 0.15) is 25.0 Å². The second-order valence-corrected chi connectivity index (χ2v) is 7.77. The first-order chi connectivity index (χ1) is 14.4. The van der Waals surface area contributed by atoms with Gasteiger partial charge in [-0.2, -0.15) is 5.10 Å². The van der Waals surface area contributed by atoms with Gasteiger partial charge < -0.3 is 20.1 Å². The lowest BCUT2D eigenvalue weighted by Gasteiger charge is -2.14. The molecule has 0 heterocycles. The maximum atomic E-state index is 12.2. The van der Waals surface area contributed by atoms with Gasteiger partial charge in [-0.25, -0.2) is 0 Å². The molecule has 2 rings (SSSR count). The zero-order valence-corrected chi connectivity index (χ0v) is 20.1. The van der Waals surface area contributed by atoms with Crippen molar-refractivity contribution in [3.8, 4) is 11.5 Å². The molecule has 0 saturated heterocycles.